The zero-order valence-corrected chi connectivity index (χ0v) is 10.5. The molecule has 1 amide bonds. The van der Waals surface area contributed by atoms with E-state index in [0.29, 0.717) is 12.1 Å². The van der Waals surface area contributed by atoms with Gasteiger partial charge in [0.25, 0.3) is 0 Å². The molecule has 0 bridgehead atoms. The average molecular weight is 269 g/mol. The van der Waals surface area contributed by atoms with E-state index in [1.807, 2.05) is 0 Å². The summed E-state index contributed by atoms with van der Waals surface area (Å²) in [6.07, 6.45) is 0.250. The molecule has 1 aromatic rings. The third kappa shape index (κ3) is 3.23. The van der Waals surface area contributed by atoms with Crippen LogP contribution < -0.4 is 5.32 Å². The molecule has 1 N–H and O–H groups in total. The molecule has 0 aliphatic carbocycles. The zero-order valence-electron chi connectivity index (χ0n) is 10.5. The van der Waals surface area contributed by atoms with Gasteiger partial charge >= 0.3 is 6.15 Å². The number of halogens is 2. The fraction of sp³-hybridized carbons (Fsp3) is 0.385. The summed E-state index contributed by atoms with van der Waals surface area (Å²) in [4.78, 5) is 27.5. The lowest BCUT2D eigenvalue weighted by atomic mass is 9.88. The van der Waals surface area contributed by atoms with E-state index < -0.39 is 17.6 Å². The highest BCUT2D eigenvalue weighted by Gasteiger charge is 2.35. The Kier molecular flexibility index (Phi) is 4.89. The molecule has 0 saturated carbocycles. The second-order valence-corrected chi connectivity index (χ2v) is 4.37. The number of hydrogen-bond donors (Lipinski definition) is 1. The topological polar surface area (TPSA) is 63.2 Å². The fourth-order valence-electron chi connectivity index (χ4n) is 2.15. The van der Waals surface area contributed by atoms with Crippen LogP contribution in [-0.4, -0.2) is 18.6 Å². The van der Waals surface area contributed by atoms with Crippen molar-refractivity contribution >= 4 is 12.1 Å². The first-order valence-electron chi connectivity index (χ1n) is 5.64. The van der Waals surface area contributed by atoms with Crippen LogP contribution in [0.3, 0.4) is 0 Å². The second kappa shape index (κ2) is 6.20. The Morgan fingerprint density at radius 1 is 1.26 bits per heavy atom. The Balaban J connectivity index is 0.000000550. The van der Waals surface area contributed by atoms with Gasteiger partial charge in [-0.05, 0) is 24.6 Å². The number of aryl methyl sites for hydroxylation is 1. The minimum atomic E-state index is -0.564. The number of carbonyl (C=O) groups is 1. The standard InChI is InChI=1S/C12H13F2NO.CO2/c1-6-3-9(13)11(10(14)4-6)8-5-15-12(16)7(8)2;2-1-3/h3-4,7-8H,5H2,1-2H3,(H,15,16);/t7-,8+;/m1./s1. The third-order valence-corrected chi connectivity index (χ3v) is 3.11. The highest BCUT2D eigenvalue weighted by Crippen LogP contribution is 2.32. The molecule has 102 valence electrons. The van der Waals surface area contributed by atoms with E-state index in [0.717, 1.165) is 0 Å². The minimum Gasteiger partial charge on any atom is -0.355 e. The average Bonchev–Trinajstić information content (AvgIpc) is 2.61. The van der Waals surface area contributed by atoms with Crippen molar-refractivity contribution in [3.8, 4) is 0 Å². The lowest BCUT2D eigenvalue weighted by Crippen LogP contribution is -2.17. The van der Waals surface area contributed by atoms with Crippen molar-refractivity contribution in [2.45, 2.75) is 19.8 Å². The molecule has 0 radical (unpaired) electrons. The van der Waals surface area contributed by atoms with E-state index in [1.165, 1.54) is 12.1 Å². The molecule has 19 heavy (non-hydrogen) atoms. The van der Waals surface area contributed by atoms with E-state index in [4.69, 9.17) is 9.59 Å². The van der Waals surface area contributed by atoms with Crippen LogP contribution in [0.1, 0.15) is 24.0 Å². The third-order valence-electron chi connectivity index (χ3n) is 3.11. The number of nitrogens with one attached hydrogen (secondary N) is 1. The molecule has 1 aromatic carbocycles. The molecule has 2 rings (SSSR count). The summed E-state index contributed by atoms with van der Waals surface area (Å²) < 4.78 is 27.4. The lowest BCUT2D eigenvalue weighted by Gasteiger charge is -2.15. The Hall–Kier alpha value is -2.07. The molecule has 0 aromatic heterocycles. The summed E-state index contributed by atoms with van der Waals surface area (Å²) in [5.41, 5.74) is 0.570. The molecule has 0 unspecified atom stereocenters. The maximum Gasteiger partial charge on any atom is 0.373 e. The first kappa shape index (κ1) is 15.0. The van der Waals surface area contributed by atoms with E-state index in [2.05, 4.69) is 5.32 Å². The van der Waals surface area contributed by atoms with E-state index >= 15 is 0 Å². The van der Waals surface area contributed by atoms with Crippen molar-refractivity contribution in [2.24, 2.45) is 5.92 Å². The van der Waals surface area contributed by atoms with Crippen molar-refractivity contribution in [2.75, 3.05) is 6.54 Å². The molecule has 2 atom stereocenters. The van der Waals surface area contributed by atoms with Gasteiger partial charge in [0.2, 0.25) is 5.91 Å². The molecule has 1 aliphatic rings. The number of benzene rings is 1. The summed E-state index contributed by atoms with van der Waals surface area (Å²) in [5, 5.41) is 2.61. The van der Waals surface area contributed by atoms with Crippen LogP contribution in [-0.2, 0) is 14.4 Å². The Labute approximate surface area is 108 Å². The maximum absolute atomic E-state index is 13.7. The van der Waals surface area contributed by atoms with Crippen LogP contribution in [0, 0.1) is 24.5 Å². The van der Waals surface area contributed by atoms with Gasteiger partial charge in [0.15, 0.2) is 0 Å². The molecular formula is C13H13F2NO3. The van der Waals surface area contributed by atoms with Gasteiger partial charge in [0.05, 0.1) is 0 Å². The highest BCUT2D eigenvalue weighted by molar-refractivity contribution is 5.82. The van der Waals surface area contributed by atoms with Crippen molar-refractivity contribution in [3.63, 3.8) is 0 Å². The number of amides is 1. The van der Waals surface area contributed by atoms with Crippen molar-refractivity contribution in [1.82, 2.24) is 5.32 Å². The SMILES string of the molecule is Cc1cc(F)c([C@H]2CNC(=O)[C@@H]2C)c(F)c1.O=C=O. The van der Waals surface area contributed by atoms with Crippen molar-refractivity contribution in [3.05, 3.63) is 34.9 Å². The predicted molar refractivity (Wildman–Crippen MR) is 61.0 cm³/mol. The van der Waals surface area contributed by atoms with Crippen LogP contribution in [0.5, 0.6) is 0 Å². The van der Waals surface area contributed by atoms with Gasteiger partial charge < -0.3 is 5.32 Å². The smallest absolute Gasteiger partial charge is 0.355 e. The van der Waals surface area contributed by atoms with Gasteiger partial charge in [-0.1, -0.05) is 6.92 Å². The molecule has 0 spiro atoms. The Morgan fingerprint density at radius 2 is 1.74 bits per heavy atom. The summed E-state index contributed by atoms with van der Waals surface area (Å²) in [7, 11) is 0. The highest BCUT2D eigenvalue weighted by atomic mass is 19.1. The van der Waals surface area contributed by atoms with Crippen LogP contribution in [0.15, 0.2) is 12.1 Å². The van der Waals surface area contributed by atoms with E-state index in [1.54, 1.807) is 13.8 Å². The fourth-order valence-corrected chi connectivity index (χ4v) is 2.15. The number of carbonyl (C=O) groups excluding carboxylic acids is 3. The summed E-state index contributed by atoms with van der Waals surface area (Å²) in [5.74, 6) is -2.07. The van der Waals surface area contributed by atoms with Gasteiger partial charge in [-0.3, -0.25) is 4.79 Å². The molecule has 1 heterocycles. The number of hydrogen-bond acceptors (Lipinski definition) is 3. The largest absolute Gasteiger partial charge is 0.373 e. The van der Waals surface area contributed by atoms with Crippen LogP contribution in [0.4, 0.5) is 8.78 Å². The summed E-state index contributed by atoms with van der Waals surface area (Å²) in [6, 6.07) is 2.60. The van der Waals surface area contributed by atoms with Crippen molar-refractivity contribution < 1.29 is 23.2 Å². The molecule has 1 saturated heterocycles. The molecule has 1 fully saturated rings. The predicted octanol–water partition coefficient (Wildman–Crippen LogP) is 1.54. The molecule has 4 nitrogen and oxygen atoms in total. The van der Waals surface area contributed by atoms with E-state index in [-0.39, 0.29) is 23.5 Å². The first-order valence-corrected chi connectivity index (χ1v) is 5.64. The maximum atomic E-state index is 13.7. The normalized spacial score (nSPS) is 21.2. The molecule has 6 heteroatoms. The Morgan fingerprint density at radius 3 is 2.11 bits per heavy atom. The van der Waals surface area contributed by atoms with Crippen molar-refractivity contribution in [1.29, 1.82) is 0 Å². The monoisotopic (exact) mass is 269 g/mol. The zero-order chi connectivity index (χ0) is 14.6. The van der Waals surface area contributed by atoms with E-state index in [9.17, 15) is 13.6 Å². The summed E-state index contributed by atoms with van der Waals surface area (Å²) in [6.45, 7) is 3.63. The van der Waals surface area contributed by atoms with Gasteiger partial charge in [-0.15, -0.1) is 0 Å². The van der Waals surface area contributed by atoms with Gasteiger partial charge in [0.1, 0.15) is 11.6 Å². The molecular weight excluding hydrogens is 256 g/mol. The minimum absolute atomic E-state index is 0.0245. The number of rotatable bonds is 1. The lowest BCUT2D eigenvalue weighted by molar-refractivity contribution is -0.191. The van der Waals surface area contributed by atoms with Crippen LogP contribution in [0.25, 0.3) is 0 Å². The van der Waals surface area contributed by atoms with Crippen LogP contribution >= 0.6 is 0 Å². The quantitative estimate of drug-likeness (QED) is 0.841. The Bertz CT molecular complexity index is 502. The van der Waals surface area contributed by atoms with Gasteiger partial charge in [0, 0.05) is 23.9 Å². The molecule has 1 aliphatic heterocycles. The van der Waals surface area contributed by atoms with Gasteiger partial charge in [-0.25, -0.2) is 8.78 Å². The second-order valence-electron chi connectivity index (χ2n) is 4.37. The summed E-state index contributed by atoms with van der Waals surface area (Å²) >= 11 is 0. The van der Waals surface area contributed by atoms with Gasteiger partial charge in [-0.2, -0.15) is 9.59 Å². The van der Waals surface area contributed by atoms with Crippen LogP contribution in [0.2, 0.25) is 0 Å². The first-order chi connectivity index (χ1) is 8.92.